The average molecular weight is 264 g/mol. The molecule has 2 unspecified atom stereocenters. The van der Waals surface area contributed by atoms with Gasteiger partial charge in [0, 0.05) is 17.0 Å². The fourth-order valence-electron chi connectivity index (χ4n) is 3.55. The van der Waals surface area contributed by atoms with Gasteiger partial charge in [0.05, 0.1) is 0 Å². The Morgan fingerprint density at radius 3 is 3.11 bits per heavy atom. The molecule has 2 nitrogen and oxygen atoms in total. The van der Waals surface area contributed by atoms with Gasteiger partial charge in [-0.3, -0.25) is 4.90 Å². The molecule has 1 N–H and O–H groups in total. The van der Waals surface area contributed by atoms with Gasteiger partial charge in [-0.05, 0) is 75.7 Å². The molecule has 0 bridgehead atoms. The first-order chi connectivity index (χ1) is 8.86. The van der Waals surface area contributed by atoms with Gasteiger partial charge in [0.2, 0.25) is 0 Å². The van der Waals surface area contributed by atoms with Crippen LogP contribution in [0, 0.1) is 0 Å². The van der Waals surface area contributed by atoms with Crippen LogP contribution in [0.5, 0.6) is 0 Å². The van der Waals surface area contributed by atoms with Crippen molar-refractivity contribution in [2.24, 2.45) is 0 Å². The predicted molar refractivity (Wildman–Crippen MR) is 78.3 cm³/mol. The summed E-state index contributed by atoms with van der Waals surface area (Å²) < 4.78 is 0. The summed E-state index contributed by atoms with van der Waals surface area (Å²) in [5.74, 6) is 0. The lowest BCUT2D eigenvalue weighted by Gasteiger charge is -2.37. The second-order valence-corrected chi connectivity index (χ2v) is 6.71. The predicted octanol–water partition coefficient (Wildman–Crippen LogP) is 3.20. The van der Waals surface area contributed by atoms with Gasteiger partial charge in [-0.25, -0.2) is 0 Å². The molecule has 0 amide bonds. The van der Waals surface area contributed by atoms with E-state index < -0.39 is 0 Å². The average Bonchev–Trinajstić information content (AvgIpc) is 2.71. The van der Waals surface area contributed by atoms with Crippen LogP contribution in [0.2, 0.25) is 0 Å². The SMILES string of the molecule is CN(C1CCCNCC1)C1CCCc2sccc21. The molecule has 1 aromatic rings. The van der Waals surface area contributed by atoms with Gasteiger partial charge in [-0.2, -0.15) is 0 Å². The normalized spacial score (nSPS) is 29.0. The Labute approximate surface area is 114 Å². The van der Waals surface area contributed by atoms with Crippen molar-refractivity contribution in [3.05, 3.63) is 21.9 Å². The fourth-order valence-corrected chi connectivity index (χ4v) is 4.53. The van der Waals surface area contributed by atoms with E-state index in [2.05, 4.69) is 28.7 Å². The number of rotatable bonds is 2. The smallest absolute Gasteiger partial charge is 0.0359 e. The van der Waals surface area contributed by atoms with Crippen LogP contribution in [-0.4, -0.2) is 31.1 Å². The first kappa shape index (κ1) is 12.6. The number of hydrogen-bond donors (Lipinski definition) is 1. The molecule has 2 aliphatic rings. The van der Waals surface area contributed by atoms with E-state index in [0.29, 0.717) is 6.04 Å². The van der Waals surface area contributed by atoms with Gasteiger partial charge in [-0.15, -0.1) is 11.3 Å². The van der Waals surface area contributed by atoms with E-state index >= 15 is 0 Å². The van der Waals surface area contributed by atoms with Crippen LogP contribution in [-0.2, 0) is 6.42 Å². The summed E-state index contributed by atoms with van der Waals surface area (Å²) in [7, 11) is 2.35. The van der Waals surface area contributed by atoms with Gasteiger partial charge in [-0.1, -0.05) is 0 Å². The first-order valence-corrected chi connectivity index (χ1v) is 8.23. The van der Waals surface area contributed by atoms with Crippen molar-refractivity contribution in [3.8, 4) is 0 Å². The van der Waals surface area contributed by atoms with Crippen molar-refractivity contribution in [3.63, 3.8) is 0 Å². The third kappa shape index (κ3) is 2.49. The fraction of sp³-hybridized carbons (Fsp3) is 0.733. The first-order valence-electron chi connectivity index (χ1n) is 7.35. The Bertz CT molecular complexity index is 380. The summed E-state index contributed by atoms with van der Waals surface area (Å²) in [5, 5.41) is 5.81. The van der Waals surface area contributed by atoms with Gasteiger partial charge in [0.25, 0.3) is 0 Å². The van der Waals surface area contributed by atoms with Crippen LogP contribution in [0.4, 0.5) is 0 Å². The van der Waals surface area contributed by atoms with Crippen molar-refractivity contribution < 1.29 is 0 Å². The lowest BCUT2D eigenvalue weighted by atomic mass is 9.91. The molecule has 0 saturated carbocycles. The molecule has 3 rings (SSSR count). The van der Waals surface area contributed by atoms with Crippen molar-refractivity contribution >= 4 is 11.3 Å². The summed E-state index contributed by atoms with van der Waals surface area (Å²) in [6, 6.07) is 3.83. The minimum absolute atomic E-state index is 0.683. The topological polar surface area (TPSA) is 15.3 Å². The van der Waals surface area contributed by atoms with Gasteiger partial charge >= 0.3 is 0 Å². The summed E-state index contributed by atoms with van der Waals surface area (Å²) in [5.41, 5.74) is 1.63. The molecule has 0 spiro atoms. The van der Waals surface area contributed by atoms with E-state index in [0.717, 1.165) is 6.04 Å². The maximum absolute atomic E-state index is 3.52. The number of nitrogens with zero attached hydrogens (tertiary/aromatic N) is 1. The highest BCUT2D eigenvalue weighted by molar-refractivity contribution is 7.10. The van der Waals surface area contributed by atoms with Crippen LogP contribution in [0.1, 0.15) is 48.6 Å². The highest BCUT2D eigenvalue weighted by atomic mass is 32.1. The zero-order chi connectivity index (χ0) is 12.4. The number of thiophene rings is 1. The third-order valence-corrected chi connectivity index (χ3v) is 5.63. The van der Waals surface area contributed by atoms with Crippen LogP contribution in [0.15, 0.2) is 11.4 Å². The number of aryl methyl sites for hydroxylation is 1. The number of nitrogens with one attached hydrogen (secondary N) is 1. The third-order valence-electron chi connectivity index (χ3n) is 4.63. The zero-order valence-corrected chi connectivity index (χ0v) is 12.1. The van der Waals surface area contributed by atoms with Crippen LogP contribution < -0.4 is 5.32 Å². The standard InChI is InChI=1S/C15H24N2S/c1-17(12-4-3-9-16-10-7-12)14-5-2-6-15-13(14)8-11-18-15/h8,11-12,14,16H,2-7,9-10H2,1H3. The van der Waals surface area contributed by atoms with Crippen molar-refractivity contribution in [2.75, 3.05) is 20.1 Å². The molecule has 3 heteroatoms. The van der Waals surface area contributed by atoms with E-state index in [1.807, 2.05) is 11.3 Å². The summed E-state index contributed by atoms with van der Waals surface area (Å²) in [6.07, 6.45) is 8.03. The molecule has 1 saturated heterocycles. The summed E-state index contributed by atoms with van der Waals surface area (Å²) in [6.45, 7) is 2.40. The van der Waals surface area contributed by atoms with E-state index in [4.69, 9.17) is 0 Å². The summed E-state index contributed by atoms with van der Waals surface area (Å²) >= 11 is 1.96. The van der Waals surface area contributed by atoms with Crippen molar-refractivity contribution in [1.29, 1.82) is 0 Å². The summed E-state index contributed by atoms with van der Waals surface area (Å²) in [4.78, 5) is 4.32. The number of fused-ring (bicyclic) bond motifs is 1. The Hall–Kier alpha value is -0.380. The van der Waals surface area contributed by atoms with Gasteiger partial charge < -0.3 is 5.32 Å². The van der Waals surface area contributed by atoms with Gasteiger partial charge in [0.1, 0.15) is 0 Å². The largest absolute Gasteiger partial charge is 0.317 e. The van der Waals surface area contributed by atoms with Crippen molar-refractivity contribution in [1.82, 2.24) is 10.2 Å². The Balaban J connectivity index is 1.74. The maximum Gasteiger partial charge on any atom is 0.0359 e. The molecule has 1 aromatic heterocycles. The van der Waals surface area contributed by atoms with Crippen LogP contribution >= 0.6 is 11.3 Å². The van der Waals surface area contributed by atoms with E-state index in [9.17, 15) is 0 Å². The quantitative estimate of drug-likeness (QED) is 0.882. The van der Waals surface area contributed by atoms with E-state index in [1.165, 1.54) is 51.6 Å². The monoisotopic (exact) mass is 264 g/mol. The zero-order valence-electron chi connectivity index (χ0n) is 11.3. The molecule has 2 atom stereocenters. The molecule has 100 valence electrons. The Kier molecular flexibility index (Phi) is 4.02. The van der Waals surface area contributed by atoms with Crippen molar-refractivity contribution in [2.45, 2.75) is 50.6 Å². The molecule has 1 aliphatic heterocycles. The molecular formula is C15H24N2S. The van der Waals surface area contributed by atoms with Crippen LogP contribution in [0.3, 0.4) is 0 Å². The highest BCUT2D eigenvalue weighted by Crippen LogP contribution is 2.38. The van der Waals surface area contributed by atoms with E-state index in [1.54, 1.807) is 10.4 Å². The Morgan fingerprint density at radius 1 is 1.22 bits per heavy atom. The highest BCUT2D eigenvalue weighted by Gasteiger charge is 2.28. The van der Waals surface area contributed by atoms with E-state index in [-0.39, 0.29) is 0 Å². The minimum atomic E-state index is 0.683. The minimum Gasteiger partial charge on any atom is -0.317 e. The molecule has 2 heterocycles. The second-order valence-electron chi connectivity index (χ2n) is 5.71. The van der Waals surface area contributed by atoms with Gasteiger partial charge in [0.15, 0.2) is 0 Å². The molecule has 0 radical (unpaired) electrons. The molecule has 18 heavy (non-hydrogen) atoms. The molecule has 1 fully saturated rings. The van der Waals surface area contributed by atoms with Crippen LogP contribution in [0.25, 0.3) is 0 Å². The molecular weight excluding hydrogens is 240 g/mol. The maximum atomic E-state index is 3.52. The lowest BCUT2D eigenvalue weighted by Crippen LogP contribution is -2.37. The number of hydrogen-bond acceptors (Lipinski definition) is 3. The molecule has 1 aliphatic carbocycles. The second kappa shape index (κ2) is 5.72. The molecule has 0 aromatic carbocycles. The Morgan fingerprint density at radius 2 is 2.17 bits per heavy atom. The lowest BCUT2D eigenvalue weighted by molar-refractivity contribution is 0.146.